The van der Waals surface area contributed by atoms with Gasteiger partial charge in [-0.05, 0) is 26.1 Å². The Morgan fingerprint density at radius 3 is 2.38 bits per heavy atom. The second-order valence-corrected chi connectivity index (χ2v) is 1.50. The molecular weight excluding hydrogens is 100 g/mol. The number of hydrogen-bond donors (Lipinski definition) is 2. The first kappa shape index (κ1) is 7.50. The molecule has 0 spiro atoms. The Morgan fingerprint density at radius 1 is 1.50 bits per heavy atom. The van der Waals surface area contributed by atoms with Gasteiger partial charge in [0.15, 0.2) is 0 Å². The summed E-state index contributed by atoms with van der Waals surface area (Å²) in [7, 11) is 1.50. The predicted octanol–water partition coefficient (Wildman–Crippen LogP) is 0.458. The Hall–Kier alpha value is -0.500. The lowest BCUT2D eigenvalue weighted by Gasteiger charge is -2.02. The maximum Gasteiger partial charge on any atom is 0.0144 e. The summed E-state index contributed by atoms with van der Waals surface area (Å²) in [5, 5.41) is 3.10. The van der Waals surface area contributed by atoms with Crippen LogP contribution in [0.2, 0.25) is 0 Å². The molecule has 3 N–H and O–H groups in total. The lowest BCUT2D eigenvalue weighted by Crippen LogP contribution is -2.09. The van der Waals surface area contributed by atoms with E-state index >= 15 is 0 Å². The summed E-state index contributed by atoms with van der Waals surface area (Å²) in [5.74, 6) is 0. The Labute approximate surface area is 50.8 Å². The summed E-state index contributed by atoms with van der Waals surface area (Å²) >= 11 is 0. The molecule has 0 bridgehead atoms. The molecule has 0 aliphatic carbocycles. The molecule has 0 radical (unpaired) electrons. The van der Waals surface area contributed by atoms with E-state index in [0.29, 0.717) is 0 Å². The fourth-order valence-corrected chi connectivity index (χ4v) is 0.572. The largest absolute Gasteiger partial charge is 0.391 e. The molecule has 1 rings (SSSR count). The zero-order chi connectivity index (χ0) is 6.24. The van der Waals surface area contributed by atoms with Crippen LogP contribution in [0.25, 0.3) is 0 Å². The molecule has 0 amide bonds. The number of nitrogens with one attached hydrogen (secondary N) is 1. The van der Waals surface area contributed by atoms with Gasteiger partial charge in [-0.3, -0.25) is 0 Å². The third kappa shape index (κ3) is 3.68. The molecule has 8 heavy (non-hydrogen) atoms. The number of rotatable bonds is 0. The third-order valence-electron chi connectivity index (χ3n) is 0.928. The first-order valence-electron chi connectivity index (χ1n) is 2.96. The maximum absolute atomic E-state index is 4.50. The minimum atomic E-state index is 1.16. The van der Waals surface area contributed by atoms with Crippen molar-refractivity contribution in [2.75, 3.05) is 13.6 Å². The van der Waals surface area contributed by atoms with Gasteiger partial charge in [-0.15, -0.1) is 0 Å². The van der Waals surface area contributed by atoms with E-state index in [0.717, 1.165) is 6.54 Å². The van der Waals surface area contributed by atoms with E-state index in [4.69, 9.17) is 0 Å². The lowest BCUT2D eigenvalue weighted by atomic mass is 10.2. The van der Waals surface area contributed by atoms with Crippen LogP contribution in [0, 0.1) is 0 Å². The van der Waals surface area contributed by atoms with Crippen LogP contribution in [0.3, 0.4) is 0 Å². The summed E-state index contributed by atoms with van der Waals surface area (Å²) in [5.41, 5.74) is 4.50. The normalized spacial score (nSPS) is 15.8. The van der Waals surface area contributed by atoms with Crippen molar-refractivity contribution in [3.8, 4) is 0 Å². The molecule has 0 aromatic heterocycles. The molecule has 0 saturated heterocycles. The van der Waals surface area contributed by atoms with Gasteiger partial charge in [0.1, 0.15) is 0 Å². The number of allylic oxidation sites excluding steroid dienone is 1. The Bertz CT molecular complexity index is 51.5. The molecule has 1 aliphatic rings. The molecule has 0 saturated carbocycles. The highest BCUT2D eigenvalue weighted by Crippen LogP contribution is 1.91. The van der Waals surface area contributed by atoms with Crippen LogP contribution >= 0.6 is 0 Å². The van der Waals surface area contributed by atoms with E-state index in [1.165, 1.54) is 19.9 Å². The van der Waals surface area contributed by atoms with Crippen LogP contribution < -0.4 is 11.1 Å². The van der Waals surface area contributed by atoms with E-state index in [1.54, 1.807) is 0 Å². The average Bonchev–Trinajstić information content (AvgIpc) is 1.96. The molecule has 1 heterocycles. The highest BCUT2D eigenvalue weighted by Gasteiger charge is 1.84. The molecule has 0 atom stereocenters. The average molecular weight is 114 g/mol. The van der Waals surface area contributed by atoms with Gasteiger partial charge in [0, 0.05) is 6.54 Å². The highest BCUT2D eigenvalue weighted by atomic mass is 14.8. The molecule has 2 nitrogen and oxygen atoms in total. The van der Waals surface area contributed by atoms with Gasteiger partial charge < -0.3 is 11.1 Å². The lowest BCUT2D eigenvalue weighted by molar-refractivity contribution is 0.728. The summed E-state index contributed by atoms with van der Waals surface area (Å²) in [4.78, 5) is 0. The van der Waals surface area contributed by atoms with Gasteiger partial charge in [0.05, 0.1) is 0 Å². The molecule has 2 heteroatoms. The Morgan fingerprint density at radius 2 is 2.25 bits per heavy atom. The minimum absolute atomic E-state index is 1.16. The topological polar surface area (TPSA) is 38.0 Å². The van der Waals surface area contributed by atoms with Crippen LogP contribution in [-0.2, 0) is 0 Å². The number of hydrogen-bond acceptors (Lipinski definition) is 2. The second kappa shape index (κ2) is 6.50. The van der Waals surface area contributed by atoms with Crippen molar-refractivity contribution in [1.82, 2.24) is 5.32 Å². The van der Waals surface area contributed by atoms with Crippen LogP contribution in [0.5, 0.6) is 0 Å². The second-order valence-electron chi connectivity index (χ2n) is 1.50. The van der Waals surface area contributed by atoms with Crippen LogP contribution in [0.15, 0.2) is 12.3 Å². The van der Waals surface area contributed by atoms with Crippen molar-refractivity contribution in [2.24, 2.45) is 5.73 Å². The molecular formula is C6H14N2. The third-order valence-corrected chi connectivity index (χ3v) is 0.928. The van der Waals surface area contributed by atoms with E-state index in [1.807, 2.05) is 6.20 Å². The Kier molecular flexibility index (Phi) is 6.09. The van der Waals surface area contributed by atoms with Crippen molar-refractivity contribution in [3.63, 3.8) is 0 Å². The number of nitrogens with two attached hydrogens (primary N) is 1. The first-order valence-corrected chi connectivity index (χ1v) is 2.96. The quantitative estimate of drug-likeness (QED) is 0.480. The van der Waals surface area contributed by atoms with Crippen LogP contribution in [0.1, 0.15) is 12.8 Å². The van der Waals surface area contributed by atoms with E-state index in [-0.39, 0.29) is 0 Å². The van der Waals surface area contributed by atoms with Gasteiger partial charge in [-0.1, -0.05) is 6.08 Å². The molecule has 48 valence electrons. The summed E-state index contributed by atoms with van der Waals surface area (Å²) in [6.45, 7) is 1.16. The molecule has 0 aromatic carbocycles. The van der Waals surface area contributed by atoms with Crippen molar-refractivity contribution in [3.05, 3.63) is 12.3 Å². The Balaban J connectivity index is 0.000000222. The summed E-state index contributed by atoms with van der Waals surface area (Å²) < 4.78 is 0. The molecule has 0 aromatic rings. The smallest absolute Gasteiger partial charge is 0.0144 e. The SMILES string of the molecule is C1=CNCCC1.CN. The van der Waals surface area contributed by atoms with Gasteiger partial charge >= 0.3 is 0 Å². The minimum Gasteiger partial charge on any atom is -0.391 e. The van der Waals surface area contributed by atoms with E-state index < -0.39 is 0 Å². The highest BCUT2D eigenvalue weighted by molar-refractivity contribution is 4.83. The van der Waals surface area contributed by atoms with E-state index in [9.17, 15) is 0 Å². The van der Waals surface area contributed by atoms with Crippen molar-refractivity contribution < 1.29 is 0 Å². The summed E-state index contributed by atoms with van der Waals surface area (Å²) in [6.07, 6.45) is 6.73. The van der Waals surface area contributed by atoms with Gasteiger partial charge in [0.25, 0.3) is 0 Å². The maximum atomic E-state index is 4.50. The zero-order valence-corrected chi connectivity index (χ0v) is 5.35. The predicted molar refractivity (Wildman–Crippen MR) is 36.5 cm³/mol. The monoisotopic (exact) mass is 114 g/mol. The van der Waals surface area contributed by atoms with Crippen LogP contribution in [-0.4, -0.2) is 13.6 Å². The fraction of sp³-hybridized carbons (Fsp3) is 0.667. The van der Waals surface area contributed by atoms with Crippen molar-refractivity contribution in [2.45, 2.75) is 12.8 Å². The first-order chi connectivity index (χ1) is 4.00. The molecule has 1 aliphatic heterocycles. The van der Waals surface area contributed by atoms with Crippen molar-refractivity contribution in [1.29, 1.82) is 0 Å². The molecule has 0 fully saturated rings. The zero-order valence-electron chi connectivity index (χ0n) is 5.35. The van der Waals surface area contributed by atoms with E-state index in [2.05, 4.69) is 17.1 Å². The van der Waals surface area contributed by atoms with Gasteiger partial charge in [-0.2, -0.15) is 0 Å². The molecule has 0 unspecified atom stereocenters. The standard InChI is InChI=1S/C5H9N.CH5N/c1-2-4-6-5-3-1;1-2/h2,4,6H,1,3,5H2;2H2,1H3. The fourth-order valence-electron chi connectivity index (χ4n) is 0.572. The van der Waals surface area contributed by atoms with Gasteiger partial charge in [-0.25, -0.2) is 0 Å². The van der Waals surface area contributed by atoms with Crippen LogP contribution in [0.4, 0.5) is 0 Å². The van der Waals surface area contributed by atoms with Gasteiger partial charge in [0.2, 0.25) is 0 Å². The summed E-state index contributed by atoms with van der Waals surface area (Å²) in [6, 6.07) is 0. The van der Waals surface area contributed by atoms with Crippen molar-refractivity contribution >= 4 is 0 Å².